The van der Waals surface area contributed by atoms with E-state index in [9.17, 15) is 14.4 Å². The third-order valence-corrected chi connectivity index (χ3v) is 4.90. The molecule has 8 heteroatoms. The molecule has 0 fully saturated rings. The number of benzene rings is 2. The molecule has 2 aromatic carbocycles. The lowest BCUT2D eigenvalue weighted by Crippen LogP contribution is -2.42. The quantitative estimate of drug-likeness (QED) is 0.511. The molecule has 0 spiro atoms. The molecule has 3 aromatic rings. The Morgan fingerprint density at radius 3 is 2.29 bits per heavy atom. The Hall–Kier alpha value is -3.13. The number of hydrazine groups is 1. The molecule has 3 rings (SSSR count). The largest absolute Gasteiger partial charge is 0.290 e. The lowest BCUT2D eigenvalue weighted by Gasteiger charge is -2.11. The standard InChI is InChI=1S/C20H20N4O3S/c1-3-12-24-20(27)16-7-5-4-6-15(16)17(23-24)19(26)22-21-18(25)13-8-10-14(28-2)11-9-13/h4-11H,3,12H2,1-2H3,(H,21,25)(H,22,26). The summed E-state index contributed by atoms with van der Waals surface area (Å²) in [5, 5.41) is 5.05. The smallest absolute Gasteiger partial charge is 0.267 e. The first-order valence-corrected chi connectivity index (χ1v) is 10.0. The fourth-order valence-electron chi connectivity index (χ4n) is 2.75. The number of thioether (sulfide) groups is 1. The minimum absolute atomic E-state index is 0.0849. The summed E-state index contributed by atoms with van der Waals surface area (Å²) in [6.45, 7) is 2.32. The summed E-state index contributed by atoms with van der Waals surface area (Å²) >= 11 is 1.57. The van der Waals surface area contributed by atoms with E-state index in [2.05, 4.69) is 16.0 Å². The third-order valence-electron chi connectivity index (χ3n) is 4.16. The lowest BCUT2D eigenvalue weighted by atomic mass is 10.1. The summed E-state index contributed by atoms with van der Waals surface area (Å²) < 4.78 is 1.28. The highest BCUT2D eigenvalue weighted by Crippen LogP contribution is 2.15. The number of hydrogen-bond acceptors (Lipinski definition) is 5. The highest BCUT2D eigenvalue weighted by atomic mass is 32.2. The van der Waals surface area contributed by atoms with E-state index >= 15 is 0 Å². The molecule has 0 bridgehead atoms. The highest BCUT2D eigenvalue weighted by molar-refractivity contribution is 7.98. The van der Waals surface area contributed by atoms with Crippen molar-refractivity contribution in [3.63, 3.8) is 0 Å². The minimum atomic E-state index is -0.588. The zero-order chi connectivity index (χ0) is 20.1. The van der Waals surface area contributed by atoms with E-state index in [4.69, 9.17) is 0 Å². The normalized spacial score (nSPS) is 10.6. The zero-order valence-electron chi connectivity index (χ0n) is 15.6. The summed E-state index contributed by atoms with van der Waals surface area (Å²) in [6.07, 6.45) is 2.65. The number of aryl methyl sites for hydroxylation is 1. The first kappa shape index (κ1) is 19.6. The molecule has 28 heavy (non-hydrogen) atoms. The van der Waals surface area contributed by atoms with Crippen LogP contribution < -0.4 is 16.4 Å². The fourth-order valence-corrected chi connectivity index (χ4v) is 3.16. The van der Waals surface area contributed by atoms with Crippen LogP contribution in [0.15, 0.2) is 58.2 Å². The van der Waals surface area contributed by atoms with Crippen molar-refractivity contribution in [3.8, 4) is 0 Å². The molecule has 0 atom stereocenters. The fraction of sp³-hybridized carbons (Fsp3) is 0.200. The third kappa shape index (κ3) is 4.07. The molecule has 0 aliphatic carbocycles. The summed E-state index contributed by atoms with van der Waals surface area (Å²) in [5.41, 5.74) is 5.04. The molecule has 7 nitrogen and oxygen atoms in total. The van der Waals surface area contributed by atoms with Crippen molar-refractivity contribution in [2.24, 2.45) is 0 Å². The maximum Gasteiger partial charge on any atom is 0.290 e. The first-order chi connectivity index (χ1) is 13.5. The second kappa shape index (κ2) is 8.71. The summed E-state index contributed by atoms with van der Waals surface area (Å²) in [7, 11) is 0. The SMILES string of the molecule is CCCn1nc(C(=O)NNC(=O)c2ccc(SC)cc2)c2ccccc2c1=O. The van der Waals surface area contributed by atoms with E-state index in [-0.39, 0.29) is 11.3 Å². The van der Waals surface area contributed by atoms with Gasteiger partial charge in [-0.05, 0) is 43.0 Å². The number of nitrogens with zero attached hydrogens (tertiary/aromatic N) is 2. The summed E-state index contributed by atoms with van der Waals surface area (Å²) in [4.78, 5) is 38.4. The van der Waals surface area contributed by atoms with Gasteiger partial charge in [0.2, 0.25) is 0 Å². The van der Waals surface area contributed by atoms with Gasteiger partial charge >= 0.3 is 0 Å². The van der Waals surface area contributed by atoms with Crippen molar-refractivity contribution >= 4 is 34.3 Å². The van der Waals surface area contributed by atoms with Crippen molar-refractivity contribution in [2.45, 2.75) is 24.8 Å². The zero-order valence-corrected chi connectivity index (χ0v) is 16.4. The molecule has 2 N–H and O–H groups in total. The number of amides is 2. The van der Waals surface area contributed by atoms with Crippen LogP contribution in [0.2, 0.25) is 0 Å². The number of fused-ring (bicyclic) bond motifs is 1. The Bertz CT molecular complexity index is 1080. The van der Waals surface area contributed by atoms with E-state index in [1.165, 1.54) is 4.68 Å². The molecule has 0 aliphatic rings. The molecule has 0 radical (unpaired) electrons. The second-order valence-electron chi connectivity index (χ2n) is 6.06. The van der Waals surface area contributed by atoms with Crippen molar-refractivity contribution in [1.82, 2.24) is 20.6 Å². The van der Waals surface area contributed by atoms with Crippen LogP contribution in [-0.2, 0) is 6.54 Å². The predicted octanol–water partition coefficient (Wildman–Crippen LogP) is 2.60. The van der Waals surface area contributed by atoms with Crippen LogP contribution in [0, 0.1) is 0 Å². The Labute approximate surface area is 166 Å². The number of aromatic nitrogens is 2. The van der Waals surface area contributed by atoms with E-state index in [1.54, 1.807) is 48.2 Å². The highest BCUT2D eigenvalue weighted by Gasteiger charge is 2.17. The molecular weight excluding hydrogens is 376 g/mol. The minimum Gasteiger partial charge on any atom is -0.267 e. The molecule has 0 saturated heterocycles. The van der Waals surface area contributed by atoms with E-state index < -0.39 is 11.8 Å². The van der Waals surface area contributed by atoms with Crippen molar-refractivity contribution < 1.29 is 9.59 Å². The van der Waals surface area contributed by atoms with Crippen LogP contribution in [0.1, 0.15) is 34.2 Å². The molecule has 1 aromatic heterocycles. The molecule has 1 heterocycles. The molecule has 144 valence electrons. The van der Waals surface area contributed by atoms with E-state index in [0.717, 1.165) is 4.90 Å². The van der Waals surface area contributed by atoms with Crippen LogP contribution in [0.3, 0.4) is 0 Å². The molecule has 0 saturated carbocycles. The topological polar surface area (TPSA) is 93.1 Å². The van der Waals surface area contributed by atoms with Crippen molar-refractivity contribution in [3.05, 3.63) is 70.1 Å². The molecule has 0 unspecified atom stereocenters. The van der Waals surface area contributed by atoms with Gasteiger partial charge in [0, 0.05) is 22.4 Å². The summed E-state index contributed by atoms with van der Waals surface area (Å²) in [6, 6.07) is 13.8. The van der Waals surface area contributed by atoms with Gasteiger partial charge in [0.05, 0.1) is 5.39 Å². The van der Waals surface area contributed by atoms with Gasteiger partial charge in [-0.15, -0.1) is 11.8 Å². The van der Waals surface area contributed by atoms with Crippen LogP contribution in [0.4, 0.5) is 0 Å². The Morgan fingerprint density at radius 1 is 1.00 bits per heavy atom. The van der Waals surface area contributed by atoms with Gasteiger partial charge in [-0.25, -0.2) is 4.68 Å². The van der Waals surface area contributed by atoms with Gasteiger partial charge in [0.25, 0.3) is 17.4 Å². The maximum atomic E-state index is 12.7. The van der Waals surface area contributed by atoms with E-state index in [0.29, 0.717) is 29.3 Å². The van der Waals surface area contributed by atoms with Gasteiger partial charge in [-0.1, -0.05) is 25.1 Å². The van der Waals surface area contributed by atoms with Crippen LogP contribution in [0.5, 0.6) is 0 Å². The van der Waals surface area contributed by atoms with Gasteiger partial charge in [0.1, 0.15) is 0 Å². The van der Waals surface area contributed by atoms with Gasteiger partial charge in [-0.2, -0.15) is 5.10 Å². The maximum absolute atomic E-state index is 12.7. The lowest BCUT2D eigenvalue weighted by molar-refractivity contribution is 0.0843. The summed E-state index contributed by atoms with van der Waals surface area (Å²) in [5.74, 6) is -1.03. The Morgan fingerprint density at radius 2 is 1.64 bits per heavy atom. The Balaban J connectivity index is 1.83. The van der Waals surface area contributed by atoms with E-state index in [1.807, 2.05) is 25.3 Å². The van der Waals surface area contributed by atoms with Crippen LogP contribution in [-0.4, -0.2) is 27.9 Å². The first-order valence-electron chi connectivity index (χ1n) is 8.79. The molecular formula is C20H20N4O3S. The number of nitrogens with one attached hydrogen (secondary N) is 2. The number of carbonyl (C=O) groups excluding carboxylic acids is 2. The van der Waals surface area contributed by atoms with Crippen LogP contribution >= 0.6 is 11.8 Å². The molecule has 2 amide bonds. The number of carbonyl (C=O) groups is 2. The molecule has 0 aliphatic heterocycles. The van der Waals surface area contributed by atoms with Gasteiger partial charge in [-0.3, -0.25) is 25.2 Å². The average molecular weight is 396 g/mol. The average Bonchev–Trinajstić information content (AvgIpc) is 2.74. The predicted molar refractivity (Wildman–Crippen MR) is 109 cm³/mol. The monoisotopic (exact) mass is 396 g/mol. The van der Waals surface area contributed by atoms with Gasteiger partial charge < -0.3 is 0 Å². The number of hydrogen-bond donors (Lipinski definition) is 2. The Kier molecular flexibility index (Phi) is 6.10. The van der Waals surface area contributed by atoms with Crippen molar-refractivity contribution in [2.75, 3.05) is 6.26 Å². The van der Waals surface area contributed by atoms with Crippen LogP contribution in [0.25, 0.3) is 10.8 Å². The van der Waals surface area contributed by atoms with Gasteiger partial charge in [0.15, 0.2) is 5.69 Å². The second-order valence-corrected chi connectivity index (χ2v) is 6.94. The van der Waals surface area contributed by atoms with Crippen molar-refractivity contribution in [1.29, 1.82) is 0 Å². The number of rotatable bonds is 5.